The summed E-state index contributed by atoms with van der Waals surface area (Å²) in [4.78, 5) is 2.02. The Kier molecular flexibility index (Phi) is 5.92. The Balaban J connectivity index is 1.35. The van der Waals surface area contributed by atoms with Gasteiger partial charge in [-0.15, -0.1) is 0 Å². The number of alkyl halides is 3. The summed E-state index contributed by atoms with van der Waals surface area (Å²) in [6.07, 6.45) is -4.53. The molecule has 174 valence electrons. The van der Waals surface area contributed by atoms with Gasteiger partial charge in [0.05, 0.1) is 17.8 Å². The molecule has 1 aliphatic heterocycles. The Bertz CT molecular complexity index is 1280. The molecule has 1 N–H and O–H groups in total. The molecule has 5 rings (SSSR count). The van der Waals surface area contributed by atoms with Gasteiger partial charge < -0.3 is 15.0 Å². The summed E-state index contributed by atoms with van der Waals surface area (Å²) in [5.41, 5.74) is 2.12. The second-order valence-electron chi connectivity index (χ2n) is 8.56. The first kappa shape index (κ1) is 22.3. The van der Waals surface area contributed by atoms with Crippen molar-refractivity contribution >= 4 is 22.1 Å². The van der Waals surface area contributed by atoms with E-state index in [2.05, 4.69) is 42.6 Å². The van der Waals surface area contributed by atoms with Crippen molar-refractivity contribution in [3.05, 3.63) is 102 Å². The van der Waals surface area contributed by atoms with Crippen LogP contribution in [0.4, 0.5) is 24.5 Å². The van der Waals surface area contributed by atoms with Gasteiger partial charge in [0.15, 0.2) is 0 Å². The Labute approximate surface area is 196 Å². The van der Waals surface area contributed by atoms with Gasteiger partial charge in [0.1, 0.15) is 11.9 Å². The predicted octanol–water partition coefficient (Wildman–Crippen LogP) is 7.11. The Morgan fingerprint density at radius 2 is 1.62 bits per heavy atom. The highest BCUT2D eigenvalue weighted by Crippen LogP contribution is 2.39. The average Bonchev–Trinajstić information content (AvgIpc) is 2.86. The molecule has 34 heavy (non-hydrogen) atoms. The van der Waals surface area contributed by atoms with Crippen LogP contribution >= 0.6 is 0 Å². The van der Waals surface area contributed by atoms with Gasteiger partial charge in [-0.1, -0.05) is 54.6 Å². The summed E-state index contributed by atoms with van der Waals surface area (Å²) in [6, 6.07) is 27.6. The molecule has 6 heteroatoms. The number of anilines is 2. The third-order valence-corrected chi connectivity index (χ3v) is 6.28. The SMILES string of the molecule is C[C@@H](NCC1CN(c2ccc(C(F)(F)F)cc2)c2ccccc2O1)c1cccc2ccccc12. The van der Waals surface area contributed by atoms with E-state index in [1.807, 2.05) is 41.3 Å². The monoisotopic (exact) mass is 462 g/mol. The van der Waals surface area contributed by atoms with E-state index >= 15 is 0 Å². The lowest BCUT2D eigenvalue weighted by molar-refractivity contribution is -0.137. The molecule has 0 bridgehead atoms. The maximum absolute atomic E-state index is 13.0. The second-order valence-corrected chi connectivity index (χ2v) is 8.56. The van der Waals surface area contributed by atoms with Gasteiger partial charge in [0.2, 0.25) is 0 Å². The largest absolute Gasteiger partial charge is 0.485 e. The fraction of sp³-hybridized carbons (Fsp3) is 0.214. The van der Waals surface area contributed by atoms with Crippen LogP contribution in [-0.4, -0.2) is 19.2 Å². The summed E-state index contributed by atoms with van der Waals surface area (Å²) in [5, 5.41) is 6.01. The van der Waals surface area contributed by atoms with Crippen molar-refractivity contribution in [1.82, 2.24) is 5.32 Å². The summed E-state index contributed by atoms with van der Waals surface area (Å²) in [7, 11) is 0. The van der Waals surface area contributed by atoms with Gasteiger partial charge >= 0.3 is 6.18 Å². The molecule has 0 aliphatic carbocycles. The first-order chi connectivity index (χ1) is 16.4. The number of ether oxygens (including phenoxy) is 1. The first-order valence-electron chi connectivity index (χ1n) is 11.3. The Morgan fingerprint density at radius 3 is 2.41 bits per heavy atom. The van der Waals surface area contributed by atoms with Crippen LogP contribution in [-0.2, 0) is 6.18 Å². The van der Waals surface area contributed by atoms with Gasteiger partial charge in [-0.05, 0) is 59.7 Å². The summed E-state index contributed by atoms with van der Waals surface area (Å²) in [6.45, 7) is 3.25. The number of rotatable bonds is 5. The summed E-state index contributed by atoms with van der Waals surface area (Å²) >= 11 is 0. The molecule has 0 amide bonds. The predicted molar refractivity (Wildman–Crippen MR) is 130 cm³/mol. The van der Waals surface area contributed by atoms with E-state index < -0.39 is 11.7 Å². The third kappa shape index (κ3) is 4.46. The molecule has 0 aromatic heterocycles. The van der Waals surface area contributed by atoms with Gasteiger partial charge in [0.25, 0.3) is 0 Å². The number of para-hydroxylation sites is 2. The number of fused-ring (bicyclic) bond motifs is 2. The van der Waals surface area contributed by atoms with E-state index in [4.69, 9.17) is 4.74 Å². The first-order valence-corrected chi connectivity index (χ1v) is 11.3. The van der Waals surface area contributed by atoms with Crippen molar-refractivity contribution in [2.75, 3.05) is 18.0 Å². The molecule has 2 atom stereocenters. The van der Waals surface area contributed by atoms with Crippen LogP contribution in [0.15, 0.2) is 91.0 Å². The van der Waals surface area contributed by atoms with Crippen molar-refractivity contribution < 1.29 is 17.9 Å². The van der Waals surface area contributed by atoms with Crippen molar-refractivity contribution in [1.29, 1.82) is 0 Å². The minimum atomic E-state index is -4.36. The van der Waals surface area contributed by atoms with Gasteiger partial charge in [-0.3, -0.25) is 0 Å². The number of hydrogen-bond acceptors (Lipinski definition) is 3. The molecular weight excluding hydrogens is 437 g/mol. The summed E-state index contributed by atoms with van der Waals surface area (Å²) < 4.78 is 45.4. The van der Waals surface area contributed by atoms with E-state index in [9.17, 15) is 13.2 Å². The molecule has 1 unspecified atom stereocenters. The van der Waals surface area contributed by atoms with E-state index in [1.54, 1.807) is 0 Å². The van der Waals surface area contributed by atoms with Gasteiger partial charge in [-0.2, -0.15) is 13.2 Å². The number of nitrogens with one attached hydrogen (secondary N) is 1. The number of hydrogen-bond donors (Lipinski definition) is 1. The van der Waals surface area contributed by atoms with Gasteiger partial charge in [0, 0.05) is 18.3 Å². The minimum Gasteiger partial charge on any atom is -0.485 e. The highest BCUT2D eigenvalue weighted by Gasteiger charge is 2.31. The van der Waals surface area contributed by atoms with Crippen LogP contribution in [0.1, 0.15) is 24.1 Å². The van der Waals surface area contributed by atoms with Crippen LogP contribution in [0, 0.1) is 0 Å². The molecule has 0 spiro atoms. The zero-order valence-corrected chi connectivity index (χ0v) is 18.7. The van der Waals surface area contributed by atoms with Crippen molar-refractivity contribution in [2.24, 2.45) is 0 Å². The van der Waals surface area contributed by atoms with Crippen LogP contribution < -0.4 is 15.0 Å². The van der Waals surface area contributed by atoms with Crippen LogP contribution in [0.25, 0.3) is 10.8 Å². The summed E-state index contributed by atoms with van der Waals surface area (Å²) in [5.74, 6) is 0.721. The molecule has 0 radical (unpaired) electrons. The standard InChI is InChI=1S/C28H25F3N2O/c1-19(24-10-6-8-20-7-2-3-9-25(20)24)32-17-23-18-33(26-11-4-5-12-27(26)34-23)22-15-13-21(14-16-22)28(29,30)31/h2-16,19,23,32H,17-18H2,1H3/t19-,23?/m1/s1. The fourth-order valence-corrected chi connectivity index (χ4v) is 4.53. The lowest BCUT2D eigenvalue weighted by Gasteiger charge is -2.37. The highest BCUT2D eigenvalue weighted by atomic mass is 19.4. The molecule has 1 heterocycles. The van der Waals surface area contributed by atoms with E-state index in [-0.39, 0.29) is 12.1 Å². The van der Waals surface area contributed by atoms with Crippen LogP contribution in [0.3, 0.4) is 0 Å². The zero-order valence-electron chi connectivity index (χ0n) is 18.7. The second kappa shape index (κ2) is 9.03. The van der Waals surface area contributed by atoms with Crippen molar-refractivity contribution in [3.63, 3.8) is 0 Å². The number of nitrogens with zero attached hydrogens (tertiary/aromatic N) is 1. The molecule has 4 aromatic carbocycles. The maximum atomic E-state index is 13.0. The van der Waals surface area contributed by atoms with Gasteiger partial charge in [-0.25, -0.2) is 0 Å². The number of halogens is 3. The minimum absolute atomic E-state index is 0.103. The Morgan fingerprint density at radius 1 is 0.912 bits per heavy atom. The van der Waals surface area contributed by atoms with E-state index in [0.717, 1.165) is 23.6 Å². The van der Waals surface area contributed by atoms with Crippen molar-refractivity contribution in [2.45, 2.75) is 25.2 Å². The van der Waals surface area contributed by atoms with Crippen LogP contribution in [0.5, 0.6) is 5.75 Å². The molecule has 3 nitrogen and oxygen atoms in total. The smallest absolute Gasteiger partial charge is 0.416 e. The zero-order chi connectivity index (χ0) is 23.7. The molecule has 4 aromatic rings. The third-order valence-electron chi connectivity index (χ3n) is 6.28. The molecule has 1 aliphatic rings. The molecule has 0 saturated heterocycles. The van der Waals surface area contributed by atoms with Crippen LogP contribution in [0.2, 0.25) is 0 Å². The highest BCUT2D eigenvalue weighted by molar-refractivity contribution is 5.86. The quantitative estimate of drug-likeness (QED) is 0.342. The van der Waals surface area contributed by atoms with Crippen molar-refractivity contribution in [3.8, 4) is 5.75 Å². The fourth-order valence-electron chi connectivity index (χ4n) is 4.53. The van der Waals surface area contributed by atoms with E-state index in [1.165, 1.54) is 28.5 Å². The number of benzene rings is 4. The lowest BCUT2D eigenvalue weighted by atomic mass is 9.99. The molecule has 0 fully saturated rings. The molecule has 0 saturated carbocycles. The lowest BCUT2D eigenvalue weighted by Crippen LogP contribution is -2.44. The maximum Gasteiger partial charge on any atom is 0.416 e. The normalized spacial score (nSPS) is 16.7. The molecular formula is C28H25F3N2O. The topological polar surface area (TPSA) is 24.5 Å². The average molecular weight is 463 g/mol. The Hall–Kier alpha value is -3.51. The van der Waals surface area contributed by atoms with E-state index in [0.29, 0.717) is 18.8 Å².